The van der Waals surface area contributed by atoms with Gasteiger partial charge >= 0.3 is 0 Å². The van der Waals surface area contributed by atoms with Crippen molar-refractivity contribution in [1.29, 1.82) is 0 Å². The van der Waals surface area contributed by atoms with E-state index in [2.05, 4.69) is 0 Å². The molecule has 88 valence electrons. The van der Waals surface area contributed by atoms with Crippen molar-refractivity contribution in [2.45, 2.75) is 12.8 Å². The summed E-state index contributed by atoms with van der Waals surface area (Å²) in [7, 11) is 1.63. The van der Waals surface area contributed by atoms with E-state index in [4.69, 9.17) is 10.5 Å². The molecule has 2 rings (SSSR count). The molecule has 0 aliphatic heterocycles. The monoisotopic (exact) mass is 229 g/mol. The molecule has 0 radical (unpaired) electrons. The van der Waals surface area contributed by atoms with E-state index in [0.717, 1.165) is 22.1 Å². The lowest BCUT2D eigenvalue weighted by Crippen LogP contribution is -2.18. The Balaban J connectivity index is 2.66. The van der Waals surface area contributed by atoms with Crippen LogP contribution in [0.4, 0.5) is 0 Å². The summed E-state index contributed by atoms with van der Waals surface area (Å²) in [6.45, 7) is 1.82. The van der Waals surface area contributed by atoms with Gasteiger partial charge < -0.3 is 10.5 Å². The van der Waals surface area contributed by atoms with Gasteiger partial charge in [-0.15, -0.1) is 0 Å². The highest BCUT2D eigenvalue weighted by Gasteiger charge is 2.14. The quantitative estimate of drug-likeness (QED) is 0.878. The lowest BCUT2D eigenvalue weighted by atomic mass is 9.94. The predicted molar refractivity (Wildman–Crippen MR) is 68.1 cm³/mol. The van der Waals surface area contributed by atoms with Gasteiger partial charge in [0.25, 0.3) is 0 Å². The molecule has 3 nitrogen and oxygen atoms in total. The lowest BCUT2D eigenvalue weighted by molar-refractivity contribution is -0.119. The van der Waals surface area contributed by atoms with Gasteiger partial charge in [-0.3, -0.25) is 4.79 Å². The fourth-order valence-corrected chi connectivity index (χ4v) is 1.93. The molecule has 0 aromatic heterocycles. The SMILES string of the molecule is COc1ccc2cccc(C(C)C(N)=O)c2c1. The first-order valence-electron chi connectivity index (χ1n) is 5.49. The van der Waals surface area contributed by atoms with Gasteiger partial charge in [-0.05, 0) is 35.4 Å². The number of methoxy groups -OCH3 is 1. The first kappa shape index (κ1) is 11.5. The van der Waals surface area contributed by atoms with E-state index in [-0.39, 0.29) is 11.8 Å². The fourth-order valence-electron chi connectivity index (χ4n) is 1.93. The summed E-state index contributed by atoms with van der Waals surface area (Å²) in [6.07, 6.45) is 0. The number of carbonyl (C=O) groups excluding carboxylic acids is 1. The molecule has 0 heterocycles. The van der Waals surface area contributed by atoms with Gasteiger partial charge in [0.15, 0.2) is 0 Å². The molecule has 0 aliphatic carbocycles. The maximum atomic E-state index is 11.3. The highest BCUT2D eigenvalue weighted by atomic mass is 16.5. The third-order valence-electron chi connectivity index (χ3n) is 3.02. The van der Waals surface area contributed by atoms with E-state index in [9.17, 15) is 4.79 Å². The average Bonchev–Trinajstić information content (AvgIpc) is 2.36. The van der Waals surface area contributed by atoms with Crippen LogP contribution in [-0.4, -0.2) is 13.0 Å². The van der Waals surface area contributed by atoms with Crippen molar-refractivity contribution in [2.24, 2.45) is 5.73 Å². The Morgan fingerprint density at radius 2 is 2.06 bits per heavy atom. The number of ether oxygens (including phenoxy) is 1. The molecule has 0 aliphatic rings. The second kappa shape index (κ2) is 4.45. The van der Waals surface area contributed by atoms with Gasteiger partial charge in [0, 0.05) is 0 Å². The topological polar surface area (TPSA) is 52.3 Å². The molecule has 0 bridgehead atoms. The number of amides is 1. The first-order chi connectivity index (χ1) is 8.13. The van der Waals surface area contributed by atoms with Gasteiger partial charge in [0.1, 0.15) is 5.75 Å². The Morgan fingerprint density at radius 3 is 2.71 bits per heavy atom. The van der Waals surface area contributed by atoms with Crippen molar-refractivity contribution in [3.05, 3.63) is 42.0 Å². The van der Waals surface area contributed by atoms with E-state index in [1.807, 2.05) is 43.3 Å². The number of hydrogen-bond donors (Lipinski definition) is 1. The van der Waals surface area contributed by atoms with Crippen LogP contribution < -0.4 is 10.5 Å². The second-order valence-electron chi connectivity index (χ2n) is 4.06. The average molecular weight is 229 g/mol. The Hall–Kier alpha value is -2.03. The zero-order valence-electron chi connectivity index (χ0n) is 9.94. The Morgan fingerprint density at radius 1 is 1.29 bits per heavy atom. The minimum absolute atomic E-state index is 0.300. The van der Waals surface area contributed by atoms with Crippen LogP contribution in [0.15, 0.2) is 36.4 Å². The minimum atomic E-state index is -0.319. The summed E-state index contributed by atoms with van der Waals surface area (Å²) in [4.78, 5) is 11.3. The number of nitrogens with two attached hydrogens (primary N) is 1. The largest absolute Gasteiger partial charge is 0.497 e. The molecule has 1 unspecified atom stereocenters. The van der Waals surface area contributed by atoms with Crippen LogP contribution in [0.2, 0.25) is 0 Å². The van der Waals surface area contributed by atoms with Crippen LogP contribution in [-0.2, 0) is 4.79 Å². The summed E-state index contributed by atoms with van der Waals surface area (Å²) in [6, 6.07) is 11.7. The third-order valence-corrected chi connectivity index (χ3v) is 3.02. The lowest BCUT2D eigenvalue weighted by Gasteiger charge is -2.12. The number of primary amides is 1. The normalized spacial score (nSPS) is 12.4. The first-order valence-corrected chi connectivity index (χ1v) is 5.49. The highest BCUT2D eigenvalue weighted by molar-refractivity contribution is 5.92. The number of rotatable bonds is 3. The zero-order valence-corrected chi connectivity index (χ0v) is 9.94. The second-order valence-corrected chi connectivity index (χ2v) is 4.06. The molecule has 2 aromatic carbocycles. The Labute approximate surface area is 100 Å². The van der Waals surface area contributed by atoms with Crippen LogP contribution in [0.25, 0.3) is 10.8 Å². The molecular weight excluding hydrogens is 214 g/mol. The number of fused-ring (bicyclic) bond motifs is 1. The molecule has 1 amide bonds. The molecule has 2 aromatic rings. The van der Waals surface area contributed by atoms with Gasteiger partial charge in [-0.2, -0.15) is 0 Å². The molecule has 0 spiro atoms. The predicted octanol–water partition coefficient (Wildman–Crippen LogP) is 2.44. The van der Waals surface area contributed by atoms with Crippen molar-refractivity contribution in [3.63, 3.8) is 0 Å². The van der Waals surface area contributed by atoms with Gasteiger partial charge in [-0.1, -0.05) is 24.3 Å². The van der Waals surface area contributed by atoms with E-state index in [0.29, 0.717) is 0 Å². The number of benzene rings is 2. The summed E-state index contributed by atoms with van der Waals surface area (Å²) in [5.74, 6) is 0.160. The van der Waals surface area contributed by atoms with Crippen molar-refractivity contribution >= 4 is 16.7 Å². The van der Waals surface area contributed by atoms with Crippen molar-refractivity contribution in [2.75, 3.05) is 7.11 Å². The van der Waals surface area contributed by atoms with Gasteiger partial charge in [0.2, 0.25) is 5.91 Å². The fraction of sp³-hybridized carbons (Fsp3) is 0.214. The smallest absolute Gasteiger partial charge is 0.224 e. The van der Waals surface area contributed by atoms with Crippen molar-refractivity contribution in [3.8, 4) is 5.75 Å². The van der Waals surface area contributed by atoms with Crippen LogP contribution in [0.1, 0.15) is 18.4 Å². The maximum absolute atomic E-state index is 11.3. The number of carbonyl (C=O) groups is 1. The standard InChI is InChI=1S/C14H15NO2/c1-9(14(15)16)12-5-3-4-10-6-7-11(17-2)8-13(10)12/h3-9H,1-2H3,(H2,15,16). The zero-order chi connectivity index (χ0) is 12.4. The van der Waals surface area contributed by atoms with Gasteiger partial charge in [0.05, 0.1) is 13.0 Å². The minimum Gasteiger partial charge on any atom is -0.497 e. The molecule has 0 fully saturated rings. The Kier molecular flexibility index (Phi) is 3.00. The number of hydrogen-bond acceptors (Lipinski definition) is 2. The summed E-state index contributed by atoms with van der Waals surface area (Å²) < 4.78 is 5.20. The summed E-state index contributed by atoms with van der Waals surface area (Å²) in [5, 5.41) is 2.09. The van der Waals surface area contributed by atoms with Crippen LogP contribution in [0.5, 0.6) is 5.75 Å². The van der Waals surface area contributed by atoms with Gasteiger partial charge in [-0.25, -0.2) is 0 Å². The summed E-state index contributed by atoms with van der Waals surface area (Å²) >= 11 is 0. The van der Waals surface area contributed by atoms with Crippen LogP contribution in [0, 0.1) is 0 Å². The molecule has 1 atom stereocenters. The van der Waals surface area contributed by atoms with Crippen molar-refractivity contribution in [1.82, 2.24) is 0 Å². The molecular formula is C14H15NO2. The van der Waals surface area contributed by atoms with E-state index in [1.165, 1.54) is 0 Å². The molecule has 3 heteroatoms. The molecule has 0 saturated carbocycles. The Bertz CT molecular complexity index is 563. The van der Waals surface area contributed by atoms with Crippen LogP contribution >= 0.6 is 0 Å². The van der Waals surface area contributed by atoms with E-state index in [1.54, 1.807) is 7.11 Å². The van der Waals surface area contributed by atoms with Crippen LogP contribution in [0.3, 0.4) is 0 Å². The van der Waals surface area contributed by atoms with E-state index >= 15 is 0 Å². The maximum Gasteiger partial charge on any atom is 0.224 e. The summed E-state index contributed by atoms with van der Waals surface area (Å²) in [5.41, 5.74) is 6.30. The van der Waals surface area contributed by atoms with E-state index < -0.39 is 0 Å². The molecule has 0 saturated heterocycles. The molecule has 2 N–H and O–H groups in total. The highest BCUT2D eigenvalue weighted by Crippen LogP contribution is 2.28. The third kappa shape index (κ3) is 2.09. The van der Waals surface area contributed by atoms with Crippen molar-refractivity contribution < 1.29 is 9.53 Å². The molecule has 17 heavy (non-hydrogen) atoms.